The normalized spacial score (nSPS) is 16.8. The summed E-state index contributed by atoms with van der Waals surface area (Å²) < 4.78 is 5.73. The maximum absolute atomic E-state index is 12.8. The van der Waals surface area contributed by atoms with Crippen LogP contribution in [0.1, 0.15) is 52.7 Å². The zero-order chi connectivity index (χ0) is 22.6. The minimum absolute atomic E-state index is 0.112. The fraction of sp³-hybridized carbons (Fsp3) is 0.407. The third kappa shape index (κ3) is 5.75. The number of pyridine rings is 1. The molecule has 3 aromatic rings. The second-order valence-electron chi connectivity index (χ2n) is 9.08. The number of hydrogen-bond acceptors (Lipinski definition) is 5. The summed E-state index contributed by atoms with van der Waals surface area (Å²) in [5.41, 5.74) is 5.64. The first-order chi connectivity index (χ1) is 16.2. The molecule has 172 valence electrons. The number of nitrogens with zero attached hydrogens (tertiary/aromatic N) is 1. The molecule has 5 nitrogen and oxygen atoms in total. The van der Waals surface area contributed by atoms with Crippen LogP contribution in [-0.4, -0.2) is 34.5 Å². The fourth-order valence-electron chi connectivity index (χ4n) is 4.19. The van der Waals surface area contributed by atoms with Crippen molar-refractivity contribution in [1.29, 1.82) is 0 Å². The molecule has 2 aromatic carbocycles. The summed E-state index contributed by atoms with van der Waals surface area (Å²) in [6, 6.07) is 14.5. The number of rotatable bonds is 8. The Hall–Kier alpha value is -2.41. The molecule has 33 heavy (non-hydrogen) atoms. The van der Waals surface area contributed by atoms with E-state index in [9.17, 15) is 4.79 Å². The number of fused-ring (bicyclic) bond motifs is 1. The molecule has 0 spiro atoms. The first kappa shape index (κ1) is 22.4. The zero-order valence-electron chi connectivity index (χ0n) is 19.1. The van der Waals surface area contributed by atoms with Gasteiger partial charge in [0.1, 0.15) is 0 Å². The molecule has 1 saturated carbocycles. The molecule has 2 heterocycles. The van der Waals surface area contributed by atoms with Crippen LogP contribution < -0.4 is 10.6 Å². The van der Waals surface area contributed by atoms with Gasteiger partial charge >= 0.3 is 0 Å². The van der Waals surface area contributed by atoms with Crippen LogP contribution in [0.15, 0.2) is 48.7 Å². The number of amides is 1. The lowest BCUT2D eigenvalue weighted by molar-refractivity contribution is 0.102. The number of anilines is 1. The molecule has 0 unspecified atom stereocenters. The Kier molecular flexibility index (Phi) is 6.95. The van der Waals surface area contributed by atoms with E-state index in [-0.39, 0.29) is 5.91 Å². The van der Waals surface area contributed by atoms with E-state index in [1.165, 1.54) is 42.8 Å². The Balaban J connectivity index is 1.23. The zero-order valence-corrected chi connectivity index (χ0v) is 19.9. The molecule has 2 aliphatic rings. The summed E-state index contributed by atoms with van der Waals surface area (Å²) in [4.78, 5) is 17.5. The van der Waals surface area contributed by atoms with Crippen molar-refractivity contribution >= 4 is 34.3 Å². The summed E-state index contributed by atoms with van der Waals surface area (Å²) in [5, 5.41) is 7.83. The van der Waals surface area contributed by atoms with E-state index < -0.39 is 0 Å². The molecule has 1 saturated heterocycles. The fourth-order valence-corrected chi connectivity index (χ4v) is 5.29. The van der Waals surface area contributed by atoms with E-state index in [4.69, 9.17) is 9.72 Å². The topological polar surface area (TPSA) is 63.2 Å². The Bertz CT molecular complexity index is 1120. The van der Waals surface area contributed by atoms with Gasteiger partial charge in [-0.2, -0.15) is 11.8 Å². The van der Waals surface area contributed by atoms with Gasteiger partial charge in [0.05, 0.1) is 18.2 Å². The number of carbonyl (C=O) groups is 1. The Morgan fingerprint density at radius 2 is 1.85 bits per heavy atom. The van der Waals surface area contributed by atoms with Gasteiger partial charge in [-0.3, -0.25) is 9.78 Å². The van der Waals surface area contributed by atoms with Crippen molar-refractivity contribution in [2.75, 3.05) is 16.8 Å². The smallest absolute Gasteiger partial charge is 0.255 e. The van der Waals surface area contributed by atoms with Gasteiger partial charge in [-0.1, -0.05) is 18.2 Å². The van der Waals surface area contributed by atoms with Crippen molar-refractivity contribution in [3.8, 4) is 0 Å². The van der Waals surface area contributed by atoms with Crippen molar-refractivity contribution in [3.63, 3.8) is 0 Å². The highest BCUT2D eigenvalue weighted by Crippen LogP contribution is 2.26. The van der Waals surface area contributed by atoms with E-state index in [1.807, 2.05) is 61.3 Å². The highest BCUT2D eigenvalue weighted by molar-refractivity contribution is 7.99. The van der Waals surface area contributed by atoms with Gasteiger partial charge in [-0.25, -0.2) is 0 Å². The van der Waals surface area contributed by atoms with Crippen molar-refractivity contribution in [2.45, 2.75) is 57.9 Å². The van der Waals surface area contributed by atoms with Crippen LogP contribution in [0.2, 0.25) is 0 Å². The first-order valence-corrected chi connectivity index (χ1v) is 13.0. The van der Waals surface area contributed by atoms with Gasteiger partial charge in [-0.05, 0) is 85.1 Å². The number of benzene rings is 2. The van der Waals surface area contributed by atoms with Crippen molar-refractivity contribution in [2.24, 2.45) is 0 Å². The van der Waals surface area contributed by atoms with Gasteiger partial charge in [0, 0.05) is 35.4 Å². The predicted octanol–water partition coefficient (Wildman–Crippen LogP) is 5.46. The van der Waals surface area contributed by atoms with E-state index >= 15 is 0 Å². The van der Waals surface area contributed by atoms with E-state index in [2.05, 4.69) is 16.7 Å². The molecule has 1 aliphatic carbocycles. The summed E-state index contributed by atoms with van der Waals surface area (Å²) in [6.07, 6.45) is 7.20. The molecule has 0 atom stereocenters. The molecule has 0 radical (unpaired) electrons. The van der Waals surface area contributed by atoms with Crippen LogP contribution in [0.3, 0.4) is 0 Å². The third-order valence-electron chi connectivity index (χ3n) is 6.45. The second-order valence-corrected chi connectivity index (χ2v) is 10.3. The second kappa shape index (κ2) is 10.2. The average Bonchev–Trinajstić information content (AvgIpc) is 3.69. The van der Waals surface area contributed by atoms with Crippen LogP contribution in [0, 0.1) is 6.92 Å². The van der Waals surface area contributed by atoms with Gasteiger partial charge in [0.15, 0.2) is 0 Å². The Labute approximate surface area is 199 Å². The number of ether oxygens (including phenoxy) is 1. The lowest BCUT2D eigenvalue weighted by Crippen LogP contribution is -2.32. The minimum Gasteiger partial charge on any atom is -0.374 e. The van der Waals surface area contributed by atoms with Crippen molar-refractivity contribution in [1.82, 2.24) is 10.3 Å². The van der Waals surface area contributed by atoms with Crippen LogP contribution in [0.25, 0.3) is 10.9 Å². The predicted molar refractivity (Wildman–Crippen MR) is 136 cm³/mol. The molecule has 1 aliphatic heterocycles. The maximum Gasteiger partial charge on any atom is 0.255 e. The summed E-state index contributed by atoms with van der Waals surface area (Å²) >= 11 is 2.05. The van der Waals surface area contributed by atoms with Crippen molar-refractivity contribution < 1.29 is 9.53 Å². The lowest BCUT2D eigenvalue weighted by atomic mass is 10.1. The molecule has 0 bridgehead atoms. The van der Waals surface area contributed by atoms with Gasteiger partial charge in [0.25, 0.3) is 5.91 Å². The highest BCUT2D eigenvalue weighted by atomic mass is 32.2. The number of carbonyl (C=O) groups excluding carboxylic acids is 1. The number of hydrogen-bond donors (Lipinski definition) is 2. The first-order valence-electron chi connectivity index (χ1n) is 11.9. The van der Waals surface area contributed by atoms with Gasteiger partial charge < -0.3 is 15.4 Å². The Morgan fingerprint density at radius 3 is 2.61 bits per heavy atom. The summed E-state index contributed by atoms with van der Waals surface area (Å²) in [5.74, 6) is 2.39. The third-order valence-corrected chi connectivity index (χ3v) is 7.50. The maximum atomic E-state index is 12.8. The quantitative estimate of drug-likeness (QED) is 0.466. The van der Waals surface area contributed by atoms with Crippen molar-refractivity contribution in [3.05, 3.63) is 70.9 Å². The van der Waals surface area contributed by atoms with Gasteiger partial charge in [0.2, 0.25) is 0 Å². The summed E-state index contributed by atoms with van der Waals surface area (Å²) in [7, 11) is 0. The lowest BCUT2D eigenvalue weighted by Gasteiger charge is -2.22. The molecule has 2 N–H and O–H groups in total. The molecule has 1 aromatic heterocycles. The van der Waals surface area contributed by atoms with Crippen LogP contribution in [0.4, 0.5) is 5.69 Å². The molecule has 1 amide bonds. The van der Waals surface area contributed by atoms with Crippen LogP contribution >= 0.6 is 11.8 Å². The number of aryl methyl sites for hydroxylation is 1. The van der Waals surface area contributed by atoms with Gasteiger partial charge in [-0.15, -0.1) is 0 Å². The van der Waals surface area contributed by atoms with E-state index in [1.54, 1.807) is 0 Å². The SMILES string of the molecule is Cc1c(NC(=O)c2ccc(COC3CC3)cc2)ccc2cc(CNC3CCSCC3)cnc12. The molecular formula is C27H31N3O2S. The largest absolute Gasteiger partial charge is 0.374 e. The van der Waals surface area contributed by atoms with E-state index in [0.29, 0.717) is 24.3 Å². The number of nitrogens with one attached hydrogen (secondary N) is 2. The van der Waals surface area contributed by atoms with E-state index in [0.717, 1.165) is 34.3 Å². The molecule has 6 heteroatoms. The summed E-state index contributed by atoms with van der Waals surface area (Å²) in [6.45, 7) is 3.47. The van der Waals surface area contributed by atoms with Crippen LogP contribution in [-0.2, 0) is 17.9 Å². The highest BCUT2D eigenvalue weighted by Gasteiger charge is 2.21. The average molecular weight is 462 g/mol. The standard InChI is InChI=1S/C27H31N3O2S/c1-18-25(30-27(31)21-4-2-19(3-5-21)17-32-24-7-8-24)9-6-22-14-20(16-29-26(18)22)15-28-23-10-12-33-13-11-23/h2-6,9,14,16,23-24,28H,7-8,10-13,15,17H2,1H3,(H,30,31). The molecular weight excluding hydrogens is 430 g/mol. The monoisotopic (exact) mass is 461 g/mol. The number of aromatic nitrogens is 1. The number of thioether (sulfide) groups is 1. The molecule has 5 rings (SSSR count). The van der Waals surface area contributed by atoms with Crippen LogP contribution in [0.5, 0.6) is 0 Å². The Morgan fingerprint density at radius 1 is 1.06 bits per heavy atom. The minimum atomic E-state index is -0.112. The molecule has 2 fully saturated rings.